The van der Waals surface area contributed by atoms with Crippen molar-refractivity contribution >= 4 is 23.9 Å². The van der Waals surface area contributed by atoms with E-state index in [-0.39, 0.29) is 29.8 Å². The van der Waals surface area contributed by atoms with Crippen LogP contribution in [-0.2, 0) is 9.59 Å². The molecule has 0 aliphatic heterocycles. The van der Waals surface area contributed by atoms with Crippen molar-refractivity contribution in [3.8, 4) is 0 Å². The van der Waals surface area contributed by atoms with Crippen LogP contribution < -0.4 is 0 Å². The van der Waals surface area contributed by atoms with Gasteiger partial charge in [0, 0.05) is 30.8 Å². The molecule has 0 unspecified atom stereocenters. The second-order valence-corrected chi connectivity index (χ2v) is 8.93. The Morgan fingerprint density at radius 3 is 1.24 bits per heavy atom. The Labute approximate surface area is 215 Å². The van der Waals surface area contributed by atoms with E-state index in [1.165, 1.54) is 18.2 Å². The summed E-state index contributed by atoms with van der Waals surface area (Å²) in [5.41, 5.74) is -0.343. The Kier molecular flexibility index (Phi) is 19.2. The summed E-state index contributed by atoms with van der Waals surface area (Å²) in [5.74, 6) is -3.73. The van der Waals surface area contributed by atoms with Gasteiger partial charge in [-0.15, -0.1) is 0 Å². The number of aliphatic hydroxyl groups excluding tert-OH is 4. The van der Waals surface area contributed by atoms with Crippen LogP contribution in [0.2, 0.25) is 0 Å². The normalized spacial score (nSPS) is 16.6. The topological polar surface area (TPSA) is 230 Å². The number of benzene rings is 1. The predicted molar refractivity (Wildman–Crippen MR) is 132 cm³/mol. The van der Waals surface area contributed by atoms with Gasteiger partial charge in [0.1, 0.15) is 0 Å². The highest BCUT2D eigenvalue weighted by molar-refractivity contribution is 5.93. The molecule has 0 amide bonds. The van der Waals surface area contributed by atoms with Gasteiger partial charge in [0.25, 0.3) is 0 Å². The lowest BCUT2D eigenvalue weighted by Crippen LogP contribution is -2.20. The van der Waals surface area contributed by atoms with E-state index in [0.717, 1.165) is 31.7 Å². The van der Waals surface area contributed by atoms with E-state index in [2.05, 4.69) is 0 Å². The molecule has 0 aromatic heterocycles. The highest BCUT2D eigenvalue weighted by Gasteiger charge is 2.19. The summed E-state index contributed by atoms with van der Waals surface area (Å²) >= 11 is 0. The fourth-order valence-corrected chi connectivity index (χ4v) is 2.57. The van der Waals surface area contributed by atoms with Crippen LogP contribution in [0.5, 0.6) is 0 Å². The van der Waals surface area contributed by atoms with E-state index in [1.807, 2.05) is 0 Å². The van der Waals surface area contributed by atoms with Crippen molar-refractivity contribution in [2.45, 2.75) is 39.5 Å². The lowest BCUT2D eigenvalue weighted by atomic mass is 9.83. The molecule has 1 saturated carbocycles. The van der Waals surface area contributed by atoms with Crippen LogP contribution in [0.4, 0.5) is 0 Å². The molecule has 1 aliphatic rings. The van der Waals surface area contributed by atoms with Crippen LogP contribution in [0.3, 0.4) is 0 Å². The van der Waals surface area contributed by atoms with Crippen LogP contribution in [-0.4, -0.2) is 91.2 Å². The maximum absolute atomic E-state index is 10.4. The van der Waals surface area contributed by atoms with E-state index >= 15 is 0 Å². The number of aromatic carboxylic acids is 2. The Morgan fingerprint density at radius 1 is 0.730 bits per heavy atom. The lowest BCUT2D eigenvalue weighted by Gasteiger charge is -2.25. The molecule has 1 fully saturated rings. The van der Waals surface area contributed by atoms with Crippen LogP contribution >= 0.6 is 0 Å². The number of carboxylic acids is 4. The zero-order valence-corrected chi connectivity index (χ0v) is 21.0. The minimum atomic E-state index is -1.26. The van der Waals surface area contributed by atoms with Crippen molar-refractivity contribution in [2.75, 3.05) is 26.4 Å². The largest absolute Gasteiger partial charge is 0.478 e. The molecule has 0 bridgehead atoms. The molecule has 1 aromatic carbocycles. The highest BCUT2D eigenvalue weighted by atomic mass is 16.4. The van der Waals surface area contributed by atoms with E-state index < -0.39 is 23.9 Å². The molecular weight excluding hydrogens is 492 g/mol. The summed E-state index contributed by atoms with van der Waals surface area (Å²) in [6.07, 6.45) is 5.51. The molecule has 0 heterocycles. The first-order valence-corrected chi connectivity index (χ1v) is 11.4. The van der Waals surface area contributed by atoms with Crippen LogP contribution in [0, 0.1) is 17.3 Å². The molecule has 0 saturated heterocycles. The Morgan fingerprint density at radius 2 is 1.05 bits per heavy atom. The fourth-order valence-electron chi connectivity index (χ4n) is 2.57. The molecule has 0 spiro atoms. The first-order chi connectivity index (χ1) is 17.2. The smallest absolute Gasteiger partial charge is 0.335 e. The van der Waals surface area contributed by atoms with Gasteiger partial charge in [-0.2, -0.15) is 0 Å². The molecule has 0 atom stereocenters. The van der Waals surface area contributed by atoms with Gasteiger partial charge in [0.15, 0.2) is 0 Å². The van der Waals surface area contributed by atoms with Crippen LogP contribution in [0.15, 0.2) is 36.4 Å². The summed E-state index contributed by atoms with van der Waals surface area (Å²) in [5, 5.41) is 67.1. The molecule has 0 radical (unpaired) electrons. The number of hydrogen-bond donors (Lipinski definition) is 8. The van der Waals surface area contributed by atoms with Crippen molar-refractivity contribution in [2.24, 2.45) is 17.3 Å². The third kappa shape index (κ3) is 19.5. The quantitative estimate of drug-likeness (QED) is 0.224. The van der Waals surface area contributed by atoms with Crippen molar-refractivity contribution < 1.29 is 60.0 Å². The SMILES string of the molecule is CC(C)(CO)CO.O=C(O)/C=C/C(=O)O.O=C(O)c1cccc(C(=O)O)c1.OCC1CCC(CO)CC1. The van der Waals surface area contributed by atoms with Crippen molar-refractivity contribution in [3.63, 3.8) is 0 Å². The van der Waals surface area contributed by atoms with E-state index in [1.54, 1.807) is 13.8 Å². The van der Waals surface area contributed by atoms with Crippen molar-refractivity contribution in [3.05, 3.63) is 47.5 Å². The number of hydrogen-bond acceptors (Lipinski definition) is 8. The van der Waals surface area contributed by atoms with Gasteiger partial charge >= 0.3 is 23.9 Å². The van der Waals surface area contributed by atoms with Crippen molar-refractivity contribution in [1.82, 2.24) is 0 Å². The molecule has 1 aliphatic carbocycles. The molecule has 210 valence electrons. The summed E-state index contributed by atoms with van der Waals surface area (Å²) in [6.45, 7) is 4.35. The number of aliphatic hydroxyl groups is 4. The molecule has 37 heavy (non-hydrogen) atoms. The Balaban J connectivity index is 0. The summed E-state index contributed by atoms with van der Waals surface area (Å²) < 4.78 is 0. The number of carbonyl (C=O) groups is 4. The van der Waals surface area contributed by atoms with Gasteiger partial charge < -0.3 is 40.9 Å². The molecule has 2 rings (SSSR count). The maximum atomic E-state index is 10.4. The third-order valence-electron chi connectivity index (χ3n) is 5.06. The maximum Gasteiger partial charge on any atom is 0.335 e. The standard InChI is InChI=1S/C8H6O4.C8H16O2.C5H12O2.C4H4O4/c9-7(10)5-2-1-3-6(4-5)8(11)12;9-5-7-1-2-8(6-10)4-3-7;1-5(2,3-6)4-7;5-3(6)1-2-4(7)8/h1-4H,(H,9,10)(H,11,12);7-10H,1-6H2;6-7H,3-4H2,1-2H3;1-2H,(H,5,6)(H,7,8)/b;;;2-1+. The summed E-state index contributed by atoms with van der Waals surface area (Å²) in [6, 6.07) is 5.20. The van der Waals surface area contributed by atoms with Gasteiger partial charge in [-0.3, -0.25) is 0 Å². The molecule has 12 heteroatoms. The average molecular weight is 531 g/mol. The summed E-state index contributed by atoms with van der Waals surface area (Å²) in [7, 11) is 0. The number of aliphatic carboxylic acids is 2. The molecule has 8 N–H and O–H groups in total. The van der Waals surface area contributed by atoms with Gasteiger partial charge in [-0.1, -0.05) is 19.9 Å². The van der Waals surface area contributed by atoms with Crippen LogP contribution in [0.1, 0.15) is 60.2 Å². The minimum Gasteiger partial charge on any atom is -0.478 e. The highest BCUT2D eigenvalue weighted by Crippen LogP contribution is 2.27. The van der Waals surface area contributed by atoms with Gasteiger partial charge in [0.2, 0.25) is 0 Å². The van der Waals surface area contributed by atoms with E-state index in [4.69, 9.17) is 40.9 Å². The molecular formula is C25H38O12. The third-order valence-corrected chi connectivity index (χ3v) is 5.06. The van der Waals surface area contributed by atoms with Gasteiger partial charge in [-0.05, 0) is 55.7 Å². The monoisotopic (exact) mass is 530 g/mol. The van der Waals surface area contributed by atoms with Crippen molar-refractivity contribution in [1.29, 1.82) is 0 Å². The average Bonchev–Trinajstić information content (AvgIpc) is 2.88. The molecule has 1 aromatic rings. The lowest BCUT2D eigenvalue weighted by molar-refractivity contribution is -0.134. The Bertz CT molecular complexity index is 792. The van der Waals surface area contributed by atoms with Gasteiger partial charge in [0.05, 0.1) is 24.3 Å². The summed E-state index contributed by atoms with van der Waals surface area (Å²) in [4.78, 5) is 39.9. The molecule has 12 nitrogen and oxygen atoms in total. The van der Waals surface area contributed by atoms with Crippen LogP contribution in [0.25, 0.3) is 0 Å². The number of carboxylic acid groups (broad SMARTS) is 4. The number of rotatable bonds is 8. The second kappa shape index (κ2) is 19.8. The fraction of sp³-hybridized carbons (Fsp3) is 0.520. The van der Waals surface area contributed by atoms with E-state index in [0.29, 0.717) is 37.2 Å². The Hall–Kier alpha value is -3.32. The minimum absolute atomic E-state index is 0.0186. The van der Waals surface area contributed by atoms with E-state index in [9.17, 15) is 19.2 Å². The zero-order chi connectivity index (χ0) is 29.0. The van der Waals surface area contributed by atoms with Gasteiger partial charge in [-0.25, -0.2) is 19.2 Å². The second-order valence-electron chi connectivity index (χ2n) is 8.93. The first kappa shape index (κ1) is 35.8. The first-order valence-electron chi connectivity index (χ1n) is 11.4. The predicted octanol–water partition coefficient (Wildman–Crippen LogP) is 1.57. The zero-order valence-electron chi connectivity index (χ0n) is 21.0.